The van der Waals surface area contributed by atoms with E-state index in [0.717, 1.165) is 46.3 Å². The maximum atomic E-state index is 13.4. The monoisotopic (exact) mass is 441 g/mol. The summed E-state index contributed by atoms with van der Waals surface area (Å²) in [5, 5.41) is 6.22. The van der Waals surface area contributed by atoms with E-state index in [1.807, 2.05) is 84.9 Å². The first-order valence-electron chi connectivity index (χ1n) is 10.9. The Morgan fingerprint density at radius 2 is 1.53 bits per heavy atom. The van der Waals surface area contributed by atoms with Crippen LogP contribution in [0.15, 0.2) is 90.3 Å². The second-order valence-electron chi connectivity index (χ2n) is 7.51. The number of anilines is 2. The number of amides is 1. The number of thiazole rings is 1. The molecule has 4 aromatic rings. The van der Waals surface area contributed by atoms with E-state index >= 15 is 0 Å². The van der Waals surface area contributed by atoms with Crippen LogP contribution in [0, 0.1) is 0 Å². The summed E-state index contributed by atoms with van der Waals surface area (Å²) in [7, 11) is 0. The summed E-state index contributed by atoms with van der Waals surface area (Å²) in [6, 6.07) is 27.7. The molecule has 1 N–H and O–H groups in total. The van der Waals surface area contributed by atoms with Crippen molar-refractivity contribution in [1.82, 2.24) is 4.98 Å². The second kappa shape index (κ2) is 10.2. The molecule has 0 aliphatic heterocycles. The Balaban J connectivity index is 1.59. The zero-order chi connectivity index (χ0) is 22.3. The van der Waals surface area contributed by atoms with Crippen LogP contribution in [-0.4, -0.2) is 24.0 Å². The molecule has 0 spiro atoms. The third-order valence-electron chi connectivity index (χ3n) is 5.48. The van der Waals surface area contributed by atoms with Gasteiger partial charge in [0.1, 0.15) is 0 Å². The highest BCUT2D eigenvalue weighted by Gasteiger charge is 2.22. The molecule has 4 rings (SSSR count). The average molecular weight is 442 g/mol. The van der Waals surface area contributed by atoms with Gasteiger partial charge in [0, 0.05) is 29.7 Å². The molecule has 0 fully saturated rings. The van der Waals surface area contributed by atoms with Gasteiger partial charge in [0.05, 0.1) is 11.6 Å². The summed E-state index contributed by atoms with van der Waals surface area (Å²) in [4.78, 5) is 20.4. The summed E-state index contributed by atoms with van der Waals surface area (Å²) in [5.74, 6) is -0.434. The molecule has 0 atom stereocenters. The molecule has 4 nitrogen and oxygen atoms in total. The number of nitrogens with zero attached hydrogens (tertiary/aromatic N) is 2. The predicted molar refractivity (Wildman–Crippen MR) is 134 cm³/mol. The maximum absolute atomic E-state index is 13.4. The zero-order valence-electron chi connectivity index (χ0n) is 18.4. The minimum absolute atomic E-state index is 0.0540. The highest BCUT2D eigenvalue weighted by molar-refractivity contribution is 7.14. The average Bonchev–Trinajstić information content (AvgIpc) is 3.32. The standard InChI is InChI=1S/C27H27N3OS/c1-3-30(4-2)27-29-24(19-32-27)22-16-11-17-23(18-22)28-26(31)25(20-12-7-5-8-13-20)21-14-9-6-10-15-21/h5-19,25H,3-4H2,1-2H3,(H,28,31). The molecule has 3 aromatic carbocycles. The summed E-state index contributed by atoms with van der Waals surface area (Å²) in [6.45, 7) is 6.13. The Morgan fingerprint density at radius 1 is 0.906 bits per heavy atom. The topological polar surface area (TPSA) is 45.2 Å². The number of carbonyl (C=O) groups is 1. The summed E-state index contributed by atoms with van der Waals surface area (Å²) < 4.78 is 0. The van der Waals surface area contributed by atoms with Crippen molar-refractivity contribution in [3.05, 3.63) is 101 Å². The SMILES string of the molecule is CCN(CC)c1nc(-c2cccc(NC(=O)C(c3ccccc3)c3ccccc3)c2)cs1. The van der Waals surface area contributed by atoms with Gasteiger partial charge in [-0.1, -0.05) is 72.8 Å². The van der Waals surface area contributed by atoms with E-state index in [0.29, 0.717) is 0 Å². The fourth-order valence-electron chi connectivity index (χ4n) is 3.79. The van der Waals surface area contributed by atoms with Gasteiger partial charge in [0.2, 0.25) is 5.91 Å². The minimum Gasteiger partial charge on any atom is -0.349 e. The smallest absolute Gasteiger partial charge is 0.236 e. The van der Waals surface area contributed by atoms with Crippen LogP contribution in [0.3, 0.4) is 0 Å². The van der Waals surface area contributed by atoms with E-state index in [1.54, 1.807) is 11.3 Å². The van der Waals surface area contributed by atoms with Gasteiger partial charge in [0.15, 0.2) is 5.13 Å². The van der Waals surface area contributed by atoms with E-state index in [4.69, 9.17) is 4.98 Å². The highest BCUT2D eigenvalue weighted by Crippen LogP contribution is 2.30. The van der Waals surface area contributed by atoms with E-state index in [1.165, 1.54) is 0 Å². The lowest BCUT2D eigenvalue weighted by atomic mass is 9.90. The Morgan fingerprint density at radius 3 is 2.12 bits per heavy atom. The molecule has 0 aliphatic carbocycles. The summed E-state index contributed by atoms with van der Waals surface area (Å²) >= 11 is 1.65. The molecular formula is C27H27N3OS. The van der Waals surface area contributed by atoms with Crippen molar-refractivity contribution >= 4 is 28.1 Å². The zero-order valence-corrected chi connectivity index (χ0v) is 19.2. The van der Waals surface area contributed by atoms with Crippen LogP contribution < -0.4 is 10.2 Å². The Bertz CT molecular complexity index is 1110. The van der Waals surface area contributed by atoms with E-state index in [2.05, 4.69) is 29.4 Å². The number of carbonyl (C=O) groups excluding carboxylic acids is 1. The van der Waals surface area contributed by atoms with Crippen molar-refractivity contribution in [3.8, 4) is 11.3 Å². The van der Waals surface area contributed by atoms with Gasteiger partial charge in [-0.2, -0.15) is 0 Å². The van der Waals surface area contributed by atoms with Gasteiger partial charge >= 0.3 is 0 Å². The van der Waals surface area contributed by atoms with Crippen LogP contribution in [-0.2, 0) is 4.79 Å². The second-order valence-corrected chi connectivity index (χ2v) is 8.35. The number of benzene rings is 3. The molecule has 0 bridgehead atoms. The molecule has 1 aromatic heterocycles. The molecule has 32 heavy (non-hydrogen) atoms. The Kier molecular flexibility index (Phi) is 6.97. The summed E-state index contributed by atoms with van der Waals surface area (Å²) in [6.07, 6.45) is 0. The highest BCUT2D eigenvalue weighted by atomic mass is 32.1. The molecule has 0 aliphatic rings. The first-order chi connectivity index (χ1) is 15.7. The van der Waals surface area contributed by atoms with E-state index in [-0.39, 0.29) is 11.8 Å². The summed E-state index contributed by atoms with van der Waals surface area (Å²) in [5.41, 5.74) is 4.62. The van der Waals surface area contributed by atoms with Gasteiger partial charge in [-0.3, -0.25) is 4.79 Å². The lowest BCUT2D eigenvalue weighted by molar-refractivity contribution is -0.116. The Labute approximate surface area is 193 Å². The van der Waals surface area contributed by atoms with Crippen LogP contribution in [0.25, 0.3) is 11.3 Å². The van der Waals surface area contributed by atoms with Crippen LogP contribution in [0.5, 0.6) is 0 Å². The molecule has 0 saturated carbocycles. The van der Waals surface area contributed by atoms with E-state index < -0.39 is 0 Å². The van der Waals surface area contributed by atoms with Crippen LogP contribution in [0.2, 0.25) is 0 Å². The lowest BCUT2D eigenvalue weighted by Crippen LogP contribution is -2.22. The predicted octanol–water partition coefficient (Wildman–Crippen LogP) is 6.43. The minimum atomic E-state index is -0.380. The van der Waals surface area contributed by atoms with Gasteiger partial charge < -0.3 is 10.2 Å². The first kappa shape index (κ1) is 21.8. The van der Waals surface area contributed by atoms with Gasteiger partial charge in [0.25, 0.3) is 0 Å². The molecular weight excluding hydrogens is 414 g/mol. The van der Waals surface area contributed by atoms with Crippen LogP contribution in [0.4, 0.5) is 10.8 Å². The maximum Gasteiger partial charge on any atom is 0.236 e. The van der Waals surface area contributed by atoms with Gasteiger partial charge in [-0.15, -0.1) is 11.3 Å². The van der Waals surface area contributed by atoms with Crippen molar-refractivity contribution in [1.29, 1.82) is 0 Å². The quantitative estimate of drug-likeness (QED) is 0.343. The molecule has 0 saturated heterocycles. The molecule has 5 heteroatoms. The lowest BCUT2D eigenvalue weighted by Gasteiger charge is -2.18. The van der Waals surface area contributed by atoms with Gasteiger partial charge in [-0.05, 0) is 37.1 Å². The molecule has 1 amide bonds. The largest absolute Gasteiger partial charge is 0.349 e. The number of rotatable bonds is 8. The first-order valence-corrected chi connectivity index (χ1v) is 11.8. The fourth-order valence-corrected chi connectivity index (χ4v) is 4.76. The number of hydrogen-bond donors (Lipinski definition) is 1. The molecule has 0 unspecified atom stereocenters. The third-order valence-corrected chi connectivity index (χ3v) is 6.38. The fraction of sp³-hybridized carbons (Fsp3) is 0.185. The van der Waals surface area contributed by atoms with Crippen molar-refractivity contribution in [2.24, 2.45) is 0 Å². The van der Waals surface area contributed by atoms with Crippen molar-refractivity contribution in [3.63, 3.8) is 0 Å². The van der Waals surface area contributed by atoms with Crippen molar-refractivity contribution in [2.75, 3.05) is 23.3 Å². The molecule has 162 valence electrons. The molecule has 1 heterocycles. The third kappa shape index (κ3) is 4.89. The normalized spacial score (nSPS) is 10.8. The van der Waals surface area contributed by atoms with Crippen LogP contribution >= 0.6 is 11.3 Å². The Hall–Kier alpha value is -3.44. The number of hydrogen-bond acceptors (Lipinski definition) is 4. The van der Waals surface area contributed by atoms with Crippen LogP contribution in [0.1, 0.15) is 30.9 Å². The van der Waals surface area contributed by atoms with Crippen molar-refractivity contribution in [2.45, 2.75) is 19.8 Å². The van der Waals surface area contributed by atoms with E-state index in [9.17, 15) is 4.79 Å². The van der Waals surface area contributed by atoms with Crippen molar-refractivity contribution < 1.29 is 4.79 Å². The van der Waals surface area contributed by atoms with Gasteiger partial charge in [-0.25, -0.2) is 4.98 Å². The molecule has 0 radical (unpaired) electrons. The number of aromatic nitrogens is 1. The number of nitrogens with one attached hydrogen (secondary N) is 1.